The largest absolute Gasteiger partial charge is 0.479 e. The minimum absolute atomic E-state index is 0.0191. The molecule has 0 fully saturated rings. The van der Waals surface area contributed by atoms with Crippen molar-refractivity contribution in [3.8, 4) is 11.8 Å². The van der Waals surface area contributed by atoms with Crippen molar-refractivity contribution in [1.29, 1.82) is 0 Å². The number of fused-ring (bicyclic) bond motifs is 1. The molecule has 0 aliphatic carbocycles. The van der Waals surface area contributed by atoms with E-state index < -0.39 is 11.6 Å². The van der Waals surface area contributed by atoms with E-state index in [0.29, 0.717) is 29.2 Å². The molecule has 4 aromatic rings. The van der Waals surface area contributed by atoms with Crippen LogP contribution < -0.4 is 4.74 Å². The Kier molecular flexibility index (Phi) is 5.67. The molecule has 33 heavy (non-hydrogen) atoms. The molecule has 0 bridgehead atoms. The van der Waals surface area contributed by atoms with Crippen LogP contribution in [0.25, 0.3) is 17.1 Å². The number of nitrogens with zero attached hydrogens (tertiary/aromatic N) is 6. The van der Waals surface area contributed by atoms with Crippen molar-refractivity contribution in [2.24, 2.45) is 0 Å². The van der Waals surface area contributed by atoms with Gasteiger partial charge in [0, 0.05) is 18.3 Å². The van der Waals surface area contributed by atoms with E-state index in [9.17, 15) is 9.59 Å². The second-order valence-electron chi connectivity index (χ2n) is 8.51. The van der Waals surface area contributed by atoms with Gasteiger partial charge in [-0.2, -0.15) is 15.1 Å². The highest BCUT2D eigenvalue weighted by molar-refractivity contribution is 5.94. The van der Waals surface area contributed by atoms with Gasteiger partial charge in [0.05, 0.1) is 25.2 Å². The van der Waals surface area contributed by atoms with Gasteiger partial charge < -0.3 is 14.0 Å². The van der Waals surface area contributed by atoms with Gasteiger partial charge in [0.2, 0.25) is 5.88 Å². The SMILES string of the molecule is COc1nc(-n2cc(C(=O)OC(C)(C)C)cn2)nc2ncn(Cc3ccc(C(C)=O)cc3)c12. The first-order valence-electron chi connectivity index (χ1n) is 10.3. The number of esters is 1. The molecule has 0 unspecified atom stereocenters. The smallest absolute Gasteiger partial charge is 0.341 e. The molecular formula is C23H24N6O4. The maximum absolute atomic E-state index is 12.3. The molecule has 10 heteroatoms. The predicted octanol–water partition coefficient (Wildman–Crippen LogP) is 3.23. The summed E-state index contributed by atoms with van der Waals surface area (Å²) in [6.45, 7) is 7.42. The minimum Gasteiger partial charge on any atom is -0.479 e. The van der Waals surface area contributed by atoms with Crippen molar-refractivity contribution in [1.82, 2.24) is 29.3 Å². The van der Waals surface area contributed by atoms with E-state index >= 15 is 0 Å². The van der Waals surface area contributed by atoms with E-state index in [2.05, 4.69) is 20.1 Å². The summed E-state index contributed by atoms with van der Waals surface area (Å²) >= 11 is 0. The molecule has 0 N–H and O–H groups in total. The van der Waals surface area contributed by atoms with Gasteiger partial charge in [0.1, 0.15) is 5.60 Å². The Morgan fingerprint density at radius 1 is 1.06 bits per heavy atom. The highest BCUT2D eigenvalue weighted by Crippen LogP contribution is 2.24. The van der Waals surface area contributed by atoms with Gasteiger partial charge in [-0.15, -0.1) is 0 Å². The normalized spacial score (nSPS) is 11.5. The Labute approximate surface area is 190 Å². The minimum atomic E-state index is -0.614. The van der Waals surface area contributed by atoms with E-state index in [-0.39, 0.29) is 17.3 Å². The number of aromatic nitrogens is 6. The molecule has 170 valence electrons. The number of methoxy groups -OCH3 is 1. The first kappa shape index (κ1) is 22.1. The standard InChI is InChI=1S/C23H24N6O4/c1-14(30)16-8-6-15(7-9-16)11-28-13-24-19-18(28)20(32-5)27-22(26-19)29-12-17(10-25-29)21(31)33-23(2,3)4/h6-10,12-13H,11H2,1-5H3. The summed E-state index contributed by atoms with van der Waals surface area (Å²) in [7, 11) is 1.51. The zero-order valence-corrected chi connectivity index (χ0v) is 19.1. The number of carbonyl (C=O) groups excluding carboxylic acids is 2. The number of ketones is 1. The summed E-state index contributed by atoms with van der Waals surface area (Å²) < 4.78 is 14.1. The molecule has 0 atom stereocenters. The van der Waals surface area contributed by atoms with Crippen molar-refractivity contribution >= 4 is 22.9 Å². The Balaban J connectivity index is 1.64. The van der Waals surface area contributed by atoms with Crippen LogP contribution in [0.15, 0.2) is 43.0 Å². The van der Waals surface area contributed by atoms with Crippen molar-refractivity contribution < 1.29 is 19.1 Å². The first-order chi connectivity index (χ1) is 15.6. The number of imidazole rings is 1. The summed E-state index contributed by atoms with van der Waals surface area (Å²) in [6, 6.07) is 7.38. The molecule has 0 aliphatic heterocycles. The van der Waals surface area contributed by atoms with E-state index in [1.165, 1.54) is 31.1 Å². The van der Waals surface area contributed by atoms with Gasteiger partial charge in [-0.05, 0) is 33.3 Å². The van der Waals surface area contributed by atoms with Crippen LogP contribution in [-0.4, -0.2) is 53.8 Å². The molecule has 3 aromatic heterocycles. The highest BCUT2D eigenvalue weighted by atomic mass is 16.6. The number of ether oxygens (including phenoxy) is 2. The van der Waals surface area contributed by atoms with Gasteiger partial charge >= 0.3 is 5.97 Å². The van der Waals surface area contributed by atoms with E-state index in [0.717, 1.165) is 5.56 Å². The summed E-state index contributed by atoms with van der Waals surface area (Å²) in [6.07, 6.45) is 4.55. The molecule has 0 amide bonds. The predicted molar refractivity (Wildman–Crippen MR) is 120 cm³/mol. The van der Waals surface area contributed by atoms with Crippen LogP contribution in [0.2, 0.25) is 0 Å². The van der Waals surface area contributed by atoms with Crippen molar-refractivity contribution in [3.05, 3.63) is 59.7 Å². The van der Waals surface area contributed by atoms with Crippen LogP contribution in [0, 0.1) is 0 Å². The van der Waals surface area contributed by atoms with Crippen LogP contribution in [0.3, 0.4) is 0 Å². The second kappa shape index (κ2) is 8.45. The number of hydrogen-bond acceptors (Lipinski definition) is 8. The zero-order valence-electron chi connectivity index (χ0n) is 19.1. The fourth-order valence-electron chi connectivity index (χ4n) is 3.22. The maximum atomic E-state index is 12.3. The molecule has 0 spiro atoms. The Bertz CT molecular complexity index is 1330. The van der Waals surface area contributed by atoms with Gasteiger partial charge in [-0.3, -0.25) is 4.79 Å². The number of hydrogen-bond donors (Lipinski definition) is 0. The van der Waals surface area contributed by atoms with Crippen molar-refractivity contribution in [2.75, 3.05) is 7.11 Å². The molecule has 0 aliphatic rings. The summed E-state index contributed by atoms with van der Waals surface area (Å²) in [5.41, 5.74) is 2.36. The van der Waals surface area contributed by atoms with E-state index in [1.54, 1.807) is 39.2 Å². The first-order valence-corrected chi connectivity index (χ1v) is 10.3. The Morgan fingerprint density at radius 3 is 2.42 bits per heavy atom. The number of benzene rings is 1. The van der Waals surface area contributed by atoms with E-state index in [1.807, 2.05) is 16.7 Å². The lowest BCUT2D eigenvalue weighted by Crippen LogP contribution is -2.23. The highest BCUT2D eigenvalue weighted by Gasteiger charge is 2.21. The fourth-order valence-corrected chi connectivity index (χ4v) is 3.22. The fraction of sp³-hybridized carbons (Fsp3) is 0.304. The second-order valence-corrected chi connectivity index (χ2v) is 8.51. The quantitative estimate of drug-likeness (QED) is 0.326. The molecule has 10 nitrogen and oxygen atoms in total. The molecule has 3 heterocycles. The molecule has 0 radical (unpaired) electrons. The number of Topliss-reactive ketones (excluding diaryl/α,β-unsaturated/α-hetero) is 1. The molecule has 4 rings (SSSR count). The third-order valence-corrected chi connectivity index (χ3v) is 4.76. The number of carbonyl (C=O) groups is 2. The molecule has 1 aromatic carbocycles. The average molecular weight is 448 g/mol. The number of rotatable bonds is 6. The average Bonchev–Trinajstić information content (AvgIpc) is 3.40. The Hall–Kier alpha value is -4.08. The van der Waals surface area contributed by atoms with Gasteiger partial charge in [-0.1, -0.05) is 24.3 Å². The monoisotopic (exact) mass is 448 g/mol. The lowest BCUT2D eigenvalue weighted by atomic mass is 10.1. The zero-order chi connectivity index (χ0) is 23.8. The van der Waals surface area contributed by atoms with Crippen LogP contribution >= 0.6 is 0 Å². The van der Waals surface area contributed by atoms with Gasteiger partial charge in [-0.25, -0.2) is 14.5 Å². The maximum Gasteiger partial charge on any atom is 0.341 e. The van der Waals surface area contributed by atoms with Crippen molar-refractivity contribution in [2.45, 2.75) is 39.8 Å². The van der Waals surface area contributed by atoms with Crippen LogP contribution in [0.5, 0.6) is 5.88 Å². The van der Waals surface area contributed by atoms with Crippen LogP contribution in [0.4, 0.5) is 0 Å². The van der Waals surface area contributed by atoms with Crippen LogP contribution in [0.1, 0.15) is 54.0 Å². The van der Waals surface area contributed by atoms with Crippen molar-refractivity contribution in [3.63, 3.8) is 0 Å². The van der Waals surface area contributed by atoms with Gasteiger partial charge in [0.25, 0.3) is 5.95 Å². The van der Waals surface area contributed by atoms with E-state index in [4.69, 9.17) is 9.47 Å². The lowest BCUT2D eigenvalue weighted by Gasteiger charge is -2.18. The molecule has 0 saturated heterocycles. The summed E-state index contributed by atoms with van der Waals surface area (Å²) in [5.74, 6) is 0.0694. The van der Waals surface area contributed by atoms with Gasteiger partial charge in [0.15, 0.2) is 16.9 Å². The Morgan fingerprint density at radius 2 is 1.79 bits per heavy atom. The summed E-state index contributed by atoms with van der Waals surface area (Å²) in [5, 5.41) is 4.19. The topological polar surface area (TPSA) is 114 Å². The third kappa shape index (κ3) is 4.74. The third-order valence-electron chi connectivity index (χ3n) is 4.76. The summed E-state index contributed by atoms with van der Waals surface area (Å²) in [4.78, 5) is 37.1. The molecule has 0 saturated carbocycles. The molecular weight excluding hydrogens is 424 g/mol. The lowest BCUT2D eigenvalue weighted by molar-refractivity contribution is 0.00694. The van der Waals surface area contributed by atoms with Crippen LogP contribution in [-0.2, 0) is 11.3 Å².